The minimum absolute atomic E-state index is 0.0563. The first-order chi connectivity index (χ1) is 14.5. The first-order valence-electron chi connectivity index (χ1n) is 9.16. The van der Waals surface area contributed by atoms with E-state index in [2.05, 4.69) is 4.74 Å². The van der Waals surface area contributed by atoms with Crippen molar-refractivity contribution in [2.24, 2.45) is 0 Å². The summed E-state index contributed by atoms with van der Waals surface area (Å²) in [6.45, 7) is -2.67. The lowest BCUT2D eigenvalue weighted by molar-refractivity contribution is -0.0512. The number of halogens is 2. The van der Waals surface area contributed by atoms with Gasteiger partial charge in [-0.15, -0.1) is 0 Å². The van der Waals surface area contributed by atoms with Gasteiger partial charge in [-0.1, -0.05) is 24.3 Å². The van der Waals surface area contributed by atoms with Gasteiger partial charge in [0.15, 0.2) is 11.5 Å². The molecule has 3 rings (SSSR count). The Bertz CT molecular complexity index is 978. The first kappa shape index (κ1) is 21.1. The molecule has 0 aliphatic carbocycles. The zero-order valence-electron chi connectivity index (χ0n) is 16.5. The Morgan fingerprint density at radius 2 is 1.60 bits per heavy atom. The number of amides is 1. The predicted octanol–water partition coefficient (Wildman–Crippen LogP) is 5.36. The molecule has 0 atom stereocenters. The van der Waals surface area contributed by atoms with Gasteiger partial charge in [-0.2, -0.15) is 8.78 Å². The molecule has 0 spiro atoms. The molecule has 0 radical (unpaired) electrons. The molecule has 7 heteroatoms. The highest BCUT2D eigenvalue weighted by Gasteiger charge is 2.15. The van der Waals surface area contributed by atoms with Crippen molar-refractivity contribution in [1.29, 1.82) is 0 Å². The van der Waals surface area contributed by atoms with E-state index in [4.69, 9.17) is 9.47 Å². The van der Waals surface area contributed by atoms with Gasteiger partial charge < -0.3 is 19.1 Å². The standard InChI is InChI=1S/C23H21F2NO4/c1-26(15-16-8-13-20(30-23(24)25)21(14-16)28-2)22(27)17-9-11-19(12-10-17)29-18-6-4-3-5-7-18/h3-14,23H,15H2,1-2H3. The van der Waals surface area contributed by atoms with E-state index < -0.39 is 6.61 Å². The smallest absolute Gasteiger partial charge is 0.387 e. The Balaban J connectivity index is 1.65. The van der Waals surface area contributed by atoms with Crippen LogP contribution in [0.2, 0.25) is 0 Å². The van der Waals surface area contributed by atoms with Crippen LogP contribution in [0.1, 0.15) is 15.9 Å². The number of methoxy groups -OCH3 is 1. The van der Waals surface area contributed by atoms with Crippen LogP contribution in [0.25, 0.3) is 0 Å². The number of carbonyl (C=O) groups is 1. The minimum Gasteiger partial charge on any atom is -0.493 e. The lowest BCUT2D eigenvalue weighted by Crippen LogP contribution is -2.26. The van der Waals surface area contributed by atoms with Gasteiger partial charge in [-0.25, -0.2) is 0 Å². The summed E-state index contributed by atoms with van der Waals surface area (Å²) in [4.78, 5) is 14.2. The van der Waals surface area contributed by atoms with E-state index in [-0.39, 0.29) is 24.0 Å². The Morgan fingerprint density at radius 3 is 2.23 bits per heavy atom. The van der Waals surface area contributed by atoms with E-state index in [1.807, 2.05) is 30.3 Å². The van der Waals surface area contributed by atoms with Crippen LogP contribution in [-0.2, 0) is 6.54 Å². The quantitative estimate of drug-likeness (QED) is 0.499. The zero-order chi connectivity index (χ0) is 21.5. The van der Waals surface area contributed by atoms with E-state index in [1.165, 1.54) is 18.1 Å². The van der Waals surface area contributed by atoms with Crippen LogP contribution >= 0.6 is 0 Å². The number of nitrogens with zero attached hydrogens (tertiary/aromatic N) is 1. The van der Waals surface area contributed by atoms with Crippen LogP contribution in [-0.4, -0.2) is 31.6 Å². The van der Waals surface area contributed by atoms with Gasteiger partial charge in [0.2, 0.25) is 0 Å². The van der Waals surface area contributed by atoms with E-state index in [1.54, 1.807) is 43.4 Å². The Labute approximate surface area is 173 Å². The molecule has 30 heavy (non-hydrogen) atoms. The van der Waals surface area contributed by atoms with Crippen molar-refractivity contribution >= 4 is 5.91 Å². The maximum Gasteiger partial charge on any atom is 0.387 e. The second kappa shape index (κ2) is 9.73. The minimum atomic E-state index is -2.94. The first-order valence-corrected chi connectivity index (χ1v) is 9.16. The summed E-state index contributed by atoms with van der Waals surface area (Å²) in [6.07, 6.45) is 0. The van der Waals surface area contributed by atoms with Crippen molar-refractivity contribution in [2.75, 3.05) is 14.2 Å². The van der Waals surface area contributed by atoms with Gasteiger partial charge in [0, 0.05) is 19.2 Å². The Morgan fingerprint density at radius 1 is 0.933 bits per heavy atom. The van der Waals surface area contributed by atoms with Crippen LogP contribution in [0.15, 0.2) is 72.8 Å². The fourth-order valence-electron chi connectivity index (χ4n) is 2.86. The number of hydrogen-bond acceptors (Lipinski definition) is 4. The van der Waals surface area contributed by atoms with Gasteiger partial charge in [-0.05, 0) is 54.1 Å². The number of carbonyl (C=O) groups excluding carboxylic acids is 1. The number of para-hydroxylation sites is 1. The van der Waals surface area contributed by atoms with Crippen molar-refractivity contribution in [2.45, 2.75) is 13.2 Å². The van der Waals surface area contributed by atoms with Gasteiger partial charge in [0.05, 0.1) is 7.11 Å². The molecular weight excluding hydrogens is 392 g/mol. The highest BCUT2D eigenvalue weighted by Crippen LogP contribution is 2.30. The zero-order valence-corrected chi connectivity index (χ0v) is 16.5. The Hall–Kier alpha value is -3.61. The number of benzene rings is 3. The highest BCUT2D eigenvalue weighted by molar-refractivity contribution is 5.94. The van der Waals surface area contributed by atoms with Crippen LogP contribution < -0.4 is 14.2 Å². The molecule has 5 nitrogen and oxygen atoms in total. The molecule has 0 bridgehead atoms. The third kappa shape index (κ3) is 5.47. The predicted molar refractivity (Wildman–Crippen MR) is 108 cm³/mol. The molecule has 0 aromatic heterocycles. The second-order valence-electron chi connectivity index (χ2n) is 6.46. The molecule has 0 fully saturated rings. The van der Waals surface area contributed by atoms with Crippen molar-refractivity contribution in [3.8, 4) is 23.0 Å². The molecule has 0 N–H and O–H groups in total. The lowest BCUT2D eigenvalue weighted by atomic mass is 10.1. The molecule has 156 valence electrons. The van der Waals surface area contributed by atoms with Gasteiger partial charge >= 0.3 is 6.61 Å². The SMILES string of the molecule is COc1cc(CN(C)C(=O)c2ccc(Oc3ccccc3)cc2)ccc1OC(F)F. The second-order valence-corrected chi connectivity index (χ2v) is 6.46. The maximum atomic E-state index is 12.7. The van der Waals surface area contributed by atoms with E-state index in [0.29, 0.717) is 22.6 Å². The molecule has 0 heterocycles. The van der Waals surface area contributed by atoms with Crippen LogP contribution in [0, 0.1) is 0 Å². The molecule has 0 saturated heterocycles. The fourth-order valence-corrected chi connectivity index (χ4v) is 2.86. The number of hydrogen-bond donors (Lipinski definition) is 0. The van der Waals surface area contributed by atoms with Crippen LogP contribution in [0.5, 0.6) is 23.0 Å². The van der Waals surface area contributed by atoms with Gasteiger partial charge in [0.25, 0.3) is 5.91 Å². The van der Waals surface area contributed by atoms with Crippen molar-refractivity contribution in [3.05, 3.63) is 83.9 Å². The number of rotatable bonds is 8. The number of alkyl halides is 2. The fraction of sp³-hybridized carbons (Fsp3) is 0.174. The van der Waals surface area contributed by atoms with Gasteiger partial charge in [0.1, 0.15) is 11.5 Å². The number of ether oxygens (including phenoxy) is 3. The molecule has 0 aliphatic rings. The molecule has 0 saturated carbocycles. The van der Waals surface area contributed by atoms with Crippen molar-refractivity contribution in [3.63, 3.8) is 0 Å². The summed E-state index contributed by atoms with van der Waals surface area (Å²) < 4.78 is 40.1. The summed E-state index contributed by atoms with van der Waals surface area (Å²) in [6, 6.07) is 20.8. The molecule has 3 aromatic carbocycles. The monoisotopic (exact) mass is 413 g/mol. The van der Waals surface area contributed by atoms with E-state index in [9.17, 15) is 13.6 Å². The average molecular weight is 413 g/mol. The van der Waals surface area contributed by atoms with E-state index >= 15 is 0 Å². The van der Waals surface area contributed by atoms with Crippen LogP contribution in [0.4, 0.5) is 8.78 Å². The van der Waals surface area contributed by atoms with E-state index in [0.717, 1.165) is 0 Å². The van der Waals surface area contributed by atoms with Crippen molar-refractivity contribution < 1.29 is 27.8 Å². The highest BCUT2D eigenvalue weighted by atomic mass is 19.3. The molecule has 0 aliphatic heterocycles. The van der Waals surface area contributed by atoms with Crippen molar-refractivity contribution in [1.82, 2.24) is 4.90 Å². The summed E-state index contributed by atoms with van der Waals surface area (Å²) in [5.74, 6) is 1.27. The van der Waals surface area contributed by atoms with Crippen LogP contribution in [0.3, 0.4) is 0 Å². The average Bonchev–Trinajstić information content (AvgIpc) is 2.75. The topological polar surface area (TPSA) is 48.0 Å². The molecule has 1 amide bonds. The molecule has 3 aromatic rings. The summed E-state index contributed by atoms with van der Waals surface area (Å²) in [5, 5.41) is 0. The largest absolute Gasteiger partial charge is 0.493 e. The maximum absolute atomic E-state index is 12.7. The normalized spacial score (nSPS) is 10.6. The third-order valence-corrected chi connectivity index (χ3v) is 4.29. The summed E-state index contributed by atoms with van der Waals surface area (Å²) in [7, 11) is 3.03. The Kier molecular flexibility index (Phi) is 6.85. The summed E-state index contributed by atoms with van der Waals surface area (Å²) in [5.41, 5.74) is 1.22. The third-order valence-electron chi connectivity index (χ3n) is 4.29. The molecular formula is C23H21F2NO4. The molecule has 0 unspecified atom stereocenters. The van der Waals surface area contributed by atoms with Gasteiger partial charge in [-0.3, -0.25) is 4.79 Å². The lowest BCUT2D eigenvalue weighted by Gasteiger charge is -2.19. The summed E-state index contributed by atoms with van der Waals surface area (Å²) >= 11 is 0.